The van der Waals surface area contributed by atoms with E-state index in [1.807, 2.05) is 24.5 Å². The number of benzene rings is 1. The van der Waals surface area contributed by atoms with E-state index in [4.69, 9.17) is 0 Å². The Labute approximate surface area is 124 Å². The van der Waals surface area contributed by atoms with E-state index in [0.29, 0.717) is 0 Å². The molecule has 0 aliphatic heterocycles. The lowest BCUT2D eigenvalue weighted by Gasteiger charge is -2.18. The maximum absolute atomic E-state index is 13.0. The van der Waals surface area contributed by atoms with Gasteiger partial charge in [-0.3, -0.25) is 0 Å². The number of rotatable bonds is 2. The van der Waals surface area contributed by atoms with Crippen molar-refractivity contribution >= 4 is 11.0 Å². The van der Waals surface area contributed by atoms with Crippen molar-refractivity contribution in [2.75, 3.05) is 0 Å². The number of hydrogen-bond acceptors (Lipinski definition) is 1. The lowest BCUT2D eigenvalue weighted by atomic mass is 9.87. The van der Waals surface area contributed by atoms with Crippen molar-refractivity contribution in [2.45, 2.75) is 32.6 Å². The van der Waals surface area contributed by atoms with Gasteiger partial charge in [-0.2, -0.15) is 0 Å². The number of aromatic amines is 1. The number of H-pyrrole nitrogens is 1. The van der Waals surface area contributed by atoms with E-state index in [0.717, 1.165) is 23.0 Å². The number of nitrogens with one attached hydrogen (secondary N) is 1. The van der Waals surface area contributed by atoms with Crippen LogP contribution in [0, 0.1) is 5.82 Å². The highest BCUT2D eigenvalue weighted by atomic mass is 19.1. The van der Waals surface area contributed by atoms with Gasteiger partial charge in [-0.05, 0) is 46.7 Å². The minimum absolute atomic E-state index is 0.0750. The van der Waals surface area contributed by atoms with Gasteiger partial charge in [0.1, 0.15) is 11.5 Å². The minimum Gasteiger partial charge on any atom is -0.346 e. The lowest BCUT2D eigenvalue weighted by molar-refractivity contribution is 0.588. The first-order valence-corrected chi connectivity index (χ1v) is 7.14. The van der Waals surface area contributed by atoms with Crippen LogP contribution in [-0.4, -0.2) is 9.97 Å². The molecule has 0 aliphatic rings. The molecule has 1 N–H and O–H groups in total. The van der Waals surface area contributed by atoms with Crippen LogP contribution in [0.5, 0.6) is 0 Å². The number of hydrogen-bond donors (Lipinski definition) is 1. The second kappa shape index (κ2) is 4.99. The van der Waals surface area contributed by atoms with Crippen molar-refractivity contribution in [3.63, 3.8) is 0 Å². The average Bonchev–Trinajstić information content (AvgIpc) is 2.83. The Bertz CT molecular complexity index is 764. The van der Waals surface area contributed by atoms with Crippen LogP contribution < -0.4 is 0 Å². The van der Waals surface area contributed by atoms with Gasteiger partial charge in [0.2, 0.25) is 0 Å². The van der Waals surface area contributed by atoms with Crippen LogP contribution in [0.2, 0.25) is 0 Å². The quantitative estimate of drug-likeness (QED) is 0.731. The summed E-state index contributed by atoms with van der Waals surface area (Å²) in [5.41, 5.74) is 4.48. The van der Waals surface area contributed by atoms with E-state index < -0.39 is 0 Å². The molecule has 2 heterocycles. The Morgan fingerprint density at radius 2 is 1.86 bits per heavy atom. The van der Waals surface area contributed by atoms with Crippen LogP contribution in [0.3, 0.4) is 0 Å². The Morgan fingerprint density at radius 3 is 2.52 bits per heavy atom. The van der Waals surface area contributed by atoms with Gasteiger partial charge in [-0.25, -0.2) is 9.37 Å². The zero-order valence-corrected chi connectivity index (χ0v) is 12.6. The summed E-state index contributed by atoms with van der Waals surface area (Å²) in [6, 6.07) is 8.87. The summed E-state index contributed by atoms with van der Waals surface area (Å²) in [6.07, 6.45) is 4.70. The summed E-state index contributed by atoms with van der Waals surface area (Å²) < 4.78 is 13.0. The molecule has 0 atom stereocenters. The first-order chi connectivity index (χ1) is 9.93. The molecular formula is C18H19FN2. The minimum atomic E-state index is -0.200. The molecule has 3 heteroatoms. The summed E-state index contributed by atoms with van der Waals surface area (Å²) >= 11 is 0. The predicted octanol–water partition coefficient (Wildman–Crippen LogP) is 4.59. The number of fused-ring (bicyclic) bond motifs is 1. The van der Waals surface area contributed by atoms with Gasteiger partial charge < -0.3 is 4.98 Å². The van der Waals surface area contributed by atoms with Crippen LogP contribution in [0.1, 0.15) is 37.5 Å². The third kappa shape index (κ3) is 2.82. The molecule has 0 amide bonds. The normalized spacial score (nSPS) is 12.0. The van der Waals surface area contributed by atoms with E-state index in [-0.39, 0.29) is 11.2 Å². The Hall–Kier alpha value is -2.16. The Balaban J connectivity index is 2.00. The molecule has 0 saturated heterocycles. The highest BCUT2D eigenvalue weighted by molar-refractivity contribution is 5.80. The third-order valence-corrected chi connectivity index (χ3v) is 3.79. The largest absolute Gasteiger partial charge is 0.346 e. The molecule has 1 aromatic carbocycles. The fourth-order valence-electron chi connectivity index (χ4n) is 2.44. The maximum atomic E-state index is 13.0. The summed E-state index contributed by atoms with van der Waals surface area (Å²) in [6.45, 7) is 6.55. The first-order valence-electron chi connectivity index (χ1n) is 7.14. The molecular weight excluding hydrogens is 263 g/mol. The van der Waals surface area contributed by atoms with Crippen molar-refractivity contribution in [1.29, 1.82) is 0 Å². The summed E-state index contributed by atoms with van der Waals surface area (Å²) in [4.78, 5) is 7.72. The SMILES string of the molecule is CC(C)(C)c1cnc2[nH]cc(Cc3ccc(F)cc3)c2c1. The second-order valence-corrected chi connectivity index (χ2v) is 6.49. The molecule has 0 saturated carbocycles. The highest BCUT2D eigenvalue weighted by Gasteiger charge is 2.16. The molecule has 0 aliphatic carbocycles. The predicted molar refractivity (Wildman–Crippen MR) is 84.0 cm³/mol. The van der Waals surface area contributed by atoms with Gasteiger partial charge in [0.25, 0.3) is 0 Å². The van der Waals surface area contributed by atoms with Crippen LogP contribution in [0.4, 0.5) is 4.39 Å². The van der Waals surface area contributed by atoms with Gasteiger partial charge >= 0.3 is 0 Å². The van der Waals surface area contributed by atoms with E-state index in [1.54, 1.807) is 0 Å². The Kier molecular flexibility index (Phi) is 3.28. The molecule has 21 heavy (non-hydrogen) atoms. The monoisotopic (exact) mass is 282 g/mol. The summed E-state index contributed by atoms with van der Waals surface area (Å²) in [5, 5.41) is 1.15. The summed E-state index contributed by atoms with van der Waals surface area (Å²) in [7, 11) is 0. The number of halogens is 1. The molecule has 3 rings (SSSR count). The molecule has 0 bridgehead atoms. The zero-order valence-electron chi connectivity index (χ0n) is 12.6. The Morgan fingerprint density at radius 1 is 1.14 bits per heavy atom. The van der Waals surface area contributed by atoms with Crippen LogP contribution in [0.25, 0.3) is 11.0 Å². The second-order valence-electron chi connectivity index (χ2n) is 6.49. The fraction of sp³-hybridized carbons (Fsp3) is 0.278. The van der Waals surface area contributed by atoms with Gasteiger partial charge in [-0.1, -0.05) is 32.9 Å². The van der Waals surface area contributed by atoms with Crippen molar-refractivity contribution in [3.05, 3.63) is 65.2 Å². The van der Waals surface area contributed by atoms with E-state index >= 15 is 0 Å². The van der Waals surface area contributed by atoms with Crippen molar-refractivity contribution in [1.82, 2.24) is 9.97 Å². The molecule has 0 fully saturated rings. The number of pyridine rings is 1. The molecule has 2 nitrogen and oxygen atoms in total. The standard InChI is InChI=1S/C18H19FN2/c1-18(2,3)14-9-16-13(10-20-17(16)21-11-14)8-12-4-6-15(19)7-5-12/h4-7,9-11H,8H2,1-3H3,(H,20,21). The topological polar surface area (TPSA) is 28.7 Å². The van der Waals surface area contributed by atoms with Crippen molar-refractivity contribution in [3.8, 4) is 0 Å². The molecule has 3 aromatic rings. The number of nitrogens with zero attached hydrogens (tertiary/aromatic N) is 1. The van der Waals surface area contributed by atoms with Gasteiger partial charge in [0.15, 0.2) is 0 Å². The van der Waals surface area contributed by atoms with Crippen molar-refractivity contribution < 1.29 is 4.39 Å². The van der Waals surface area contributed by atoms with Crippen LogP contribution in [-0.2, 0) is 11.8 Å². The van der Waals surface area contributed by atoms with Crippen molar-refractivity contribution in [2.24, 2.45) is 0 Å². The van der Waals surface area contributed by atoms with Crippen LogP contribution in [0.15, 0.2) is 42.7 Å². The molecule has 108 valence electrons. The highest BCUT2D eigenvalue weighted by Crippen LogP contribution is 2.27. The van der Waals surface area contributed by atoms with Gasteiger partial charge in [0.05, 0.1) is 0 Å². The fourth-order valence-corrected chi connectivity index (χ4v) is 2.44. The maximum Gasteiger partial charge on any atom is 0.137 e. The van der Waals surface area contributed by atoms with Gasteiger partial charge in [0, 0.05) is 17.8 Å². The van der Waals surface area contributed by atoms with E-state index in [9.17, 15) is 4.39 Å². The average molecular weight is 282 g/mol. The molecule has 2 aromatic heterocycles. The van der Waals surface area contributed by atoms with Gasteiger partial charge in [-0.15, -0.1) is 0 Å². The summed E-state index contributed by atoms with van der Waals surface area (Å²) in [5.74, 6) is -0.200. The third-order valence-electron chi connectivity index (χ3n) is 3.79. The number of aromatic nitrogens is 2. The molecule has 0 spiro atoms. The lowest BCUT2D eigenvalue weighted by Crippen LogP contribution is -2.11. The smallest absolute Gasteiger partial charge is 0.137 e. The first kappa shape index (κ1) is 13.8. The van der Waals surface area contributed by atoms with E-state index in [2.05, 4.69) is 36.8 Å². The zero-order chi connectivity index (χ0) is 15.0. The van der Waals surface area contributed by atoms with Crippen LogP contribution >= 0.6 is 0 Å². The molecule has 0 unspecified atom stereocenters. The molecule has 0 radical (unpaired) electrons. The van der Waals surface area contributed by atoms with E-state index in [1.165, 1.54) is 23.3 Å².